The van der Waals surface area contributed by atoms with E-state index in [-0.39, 0.29) is 24.2 Å². The lowest BCUT2D eigenvalue weighted by molar-refractivity contribution is -0.122. The van der Waals surface area contributed by atoms with Gasteiger partial charge in [0.05, 0.1) is 6.04 Å². The molecular weight excluding hydrogens is 358 g/mol. The Labute approximate surface area is 167 Å². The minimum atomic E-state index is -0.464. The van der Waals surface area contributed by atoms with Gasteiger partial charge in [-0.3, -0.25) is 4.79 Å². The van der Waals surface area contributed by atoms with Crippen molar-refractivity contribution < 1.29 is 4.79 Å². The van der Waals surface area contributed by atoms with Gasteiger partial charge >= 0.3 is 0 Å². The Morgan fingerprint density at radius 3 is 2.44 bits per heavy atom. The maximum atomic E-state index is 12.4. The van der Waals surface area contributed by atoms with Crippen molar-refractivity contribution in [3.63, 3.8) is 0 Å². The highest BCUT2D eigenvalue weighted by Gasteiger charge is 2.21. The molecule has 1 heterocycles. The van der Waals surface area contributed by atoms with Crippen molar-refractivity contribution in [2.75, 3.05) is 6.54 Å². The van der Waals surface area contributed by atoms with Crippen LogP contribution in [0.1, 0.15) is 37.3 Å². The minimum Gasteiger partial charge on any atom is -0.361 e. The standard InChI is InChI=1S/C22H27N3O.ClH/c1-15(2)12-20(23)22(26)25-13-18(16-8-4-3-5-9-16)19-14-24-21-11-7-6-10-17(19)21;/h3-11,14-15,18,20,24H,12-13,23H2,1-2H3,(H,25,26);1H/t18?,20-;/m0./s1. The number of halogens is 1. The summed E-state index contributed by atoms with van der Waals surface area (Å²) in [6.07, 6.45) is 2.73. The normalized spacial score (nSPS) is 13.2. The van der Waals surface area contributed by atoms with Crippen LogP contribution in [0.2, 0.25) is 0 Å². The zero-order valence-electron chi connectivity index (χ0n) is 15.8. The summed E-state index contributed by atoms with van der Waals surface area (Å²) in [5, 5.41) is 4.24. The fourth-order valence-electron chi connectivity index (χ4n) is 3.42. The molecule has 2 atom stereocenters. The van der Waals surface area contributed by atoms with E-state index in [0.29, 0.717) is 18.9 Å². The quantitative estimate of drug-likeness (QED) is 0.570. The molecule has 0 aliphatic carbocycles. The number of fused-ring (bicyclic) bond motifs is 1. The summed E-state index contributed by atoms with van der Waals surface area (Å²) in [7, 11) is 0. The molecule has 0 aliphatic heterocycles. The summed E-state index contributed by atoms with van der Waals surface area (Å²) in [6.45, 7) is 4.67. The molecule has 0 radical (unpaired) electrons. The first kappa shape index (κ1) is 21.0. The molecular formula is C22H28ClN3O. The third kappa shape index (κ3) is 5.12. The van der Waals surface area contributed by atoms with E-state index in [1.807, 2.05) is 36.5 Å². The molecule has 0 spiro atoms. The molecule has 0 saturated carbocycles. The lowest BCUT2D eigenvalue weighted by atomic mass is 9.90. The highest BCUT2D eigenvalue weighted by atomic mass is 35.5. The molecule has 2 aromatic carbocycles. The molecule has 3 rings (SSSR count). The summed E-state index contributed by atoms with van der Waals surface area (Å²) in [6, 6.07) is 18.1. The number of para-hydroxylation sites is 1. The predicted molar refractivity (Wildman–Crippen MR) is 114 cm³/mol. The van der Waals surface area contributed by atoms with Crippen molar-refractivity contribution in [2.24, 2.45) is 11.7 Å². The molecule has 5 heteroatoms. The van der Waals surface area contributed by atoms with Gasteiger partial charge in [0.1, 0.15) is 0 Å². The topological polar surface area (TPSA) is 70.9 Å². The smallest absolute Gasteiger partial charge is 0.236 e. The van der Waals surface area contributed by atoms with E-state index in [1.165, 1.54) is 16.5 Å². The van der Waals surface area contributed by atoms with E-state index < -0.39 is 6.04 Å². The molecule has 1 aromatic heterocycles. The number of aromatic nitrogens is 1. The summed E-state index contributed by atoms with van der Waals surface area (Å²) in [5.41, 5.74) is 9.50. The molecule has 27 heavy (non-hydrogen) atoms. The van der Waals surface area contributed by atoms with Crippen molar-refractivity contribution in [3.8, 4) is 0 Å². The Bertz CT molecular complexity index is 860. The van der Waals surface area contributed by atoms with Crippen molar-refractivity contribution in [1.29, 1.82) is 0 Å². The Morgan fingerprint density at radius 2 is 1.74 bits per heavy atom. The van der Waals surface area contributed by atoms with Gasteiger partial charge in [0, 0.05) is 29.6 Å². The van der Waals surface area contributed by atoms with Gasteiger partial charge in [-0.1, -0.05) is 62.4 Å². The Balaban J connectivity index is 0.00000261. The molecule has 4 nitrogen and oxygen atoms in total. The number of rotatable bonds is 7. The molecule has 144 valence electrons. The fourth-order valence-corrected chi connectivity index (χ4v) is 3.42. The van der Waals surface area contributed by atoms with Gasteiger partial charge in [0.2, 0.25) is 5.91 Å². The molecule has 0 fully saturated rings. The van der Waals surface area contributed by atoms with Gasteiger partial charge in [-0.25, -0.2) is 0 Å². The summed E-state index contributed by atoms with van der Waals surface area (Å²) < 4.78 is 0. The van der Waals surface area contributed by atoms with Crippen molar-refractivity contribution in [1.82, 2.24) is 10.3 Å². The highest BCUT2D eigenvalue weighted by molar-refractivity contribution is 5.85. The number of nitrogens with one attached hydrogen (secondary N) is 2. The van der Waals surface area contributed by atoms with Crippen LogP contribution in [0.25, 0.3) is 10.9 Å². The number of carbonyl (C=O) groups is 1. The number of H-pyrrole nitrogens is 1. The molecule has 0 aliphatic rings. The van der Waals surface area contributed by atoms with E-state index in [2.05, 4.69) is 48.4 Å². The van der Waals surface area contributed by atoms with Crippen LogP contribution in [-0.2, 0) is 4.79 Å². The van der Waals surface area contributed by atoms with Gasteiger partial charge < -0.3 is 16.0 Å². The van der Waals surface area contributed by atoms with Crippen LogP contribution >= 0.6 is 12.4 Å². The molecule has 1 amide bonds. The molecule has 4 N–H and O–H groups in total. The average Bonchev–Trinajstić information content (AvgIpc) is 3.06. The first-order valence-electron chi connectivity index (χ1n) is 9.20. The van der Waals surface area contributed by atoms with Crippen molar-refractivity contribution in [2.45, 2.75) is 32.2 Å². The number of hydrogen-bond acceptors (Lipinski definition) is 2. The summed E-state index contributed by atoms with van der Waals surface area (Å²) in [4.78, 5) is 15.7. The number of hydrogen-bond donors (Lipinski definition) is 3. The van der Waals surface area contributed by atoms with Crippen LogP contribution in [0, 0.1) is 5.92 Å². The van der Waals surface area contributed by atoms with Crippen molar-refractivity contribution in [3.05, 3.63) is 71.9 Å². The Kier molecular flexibility index (Phi) is 7.45. The SMILES string of the molecule is CC(C)C[C@H](N)C(=O)NCC(c1ccccc1)c1c[nH]c2ccccc12.Cl. The highest BCUT2D eigenvalue weighted by Crippen LogP contribution is 2.30. The van der Waals surface area contributed by atoms with Gasteiger partial charge in [-0.15, -0.1) is 12.4 Å². The van der Waals surface area contributed by atoms with E-state index >= 15 is 0 Å². The first-order chi connectivity index (χ1) is 12.6. The maximum absolute atomic E-state index is 12.4. The van der Waals surface area contributed by atoms with E-state index in [0.717, 1.165) is 5.52 Å². The van der Waals surface area contributed by atoms with E-state index in [9.17, 15) is 4.79 Å². The number of nitrogens with two attached hydrogens (primary N) is 1. The largest absolute Gasteiger partial charge is 0.361 e. The number of benzene rings is 2. The average molecular weight is 386 g/mol. The van der Waals surface area contributed by atoms with Crippen LogP contribution < -0.4 is 11.1 Å². The third-order valence-corrected chi connectivity index (χ3v) is 4.74. The second-order valence-corrected chi connectivity index (χ2v) is 7.23. The van der Waals surface area contributed by atoms with Gasteiger partial charge in [-0.05, 0) is 29.5 Å². The van der Waals surface area contributed by atoms with Crippen molar-refractivity contribution >= 4 is 29.2 Å². The van der Waals surface area contributed by atoms with Gasteiger partial charge in [0.15, 0.2) is 0 Å². The predicted octanol–water partition coefficient (Wildman–Crippen LogP) is 4.21. The summed E-state index contributed by atoms with van der Waals surface area (Å²) >= 11 is 0. The van der Waals surface area contributed by atoms with Gasteiger partial charge in [0.25, 0.3) is 0 Å². The minimum absolute atomic E-state index is 0. The molecule has 3 aromatic rings. The lowest BCUT2D eigenvalue weighted by Gasteiger charge is -2.20. The zero-order chi connectivity index (χ0) is 18.5. The Hall–Kier alpha value is -2.30. The maximum Gasteiger partial charge on any atom is 0.236 e. The number of carbonyl (C=O) groups excluding carboxylic acids is 1. The first-order valence-corrected chi connectivity index (χ1v) is 9.20. The number of aromatic amines is 1. The zero-order valence-corrected chi connectivity index (χ0v) is 16.6. The lowest BCUT2D eigenvalue weighted by Crippen LogP contribution is -2.42. The Morgan fingerprint density at radius 1 is 1.07 bits per heavy atom. The van der Waals surface area contributed by atoms with Crippen LogP contribution in [0.3, 0.4) is 0 Å². The van der Waals surface area contributed by atoms with Gasteiger partial charge in [-0.2, -0.15) is 0 Å². The van der Waals surface area contributed by atoms with Crippen LogP contribution in [0.4, 0.5) is 0 Å². The monoisotopic (exact) mass is 385 g/mol. The molecule has 0 bridgehead atoms. The number of amides is 1. The van der Waals surface area contributed by atoms with Crippen LogP contribution in [0.5, 0.6) is 0 Å². The van der Waals surface area contributed by atoms with E-state index in [1.54, 1.807) is 0 Å². The fraction of sp³-hybridized carbons (Fsp3) is 0.318. The third-order valence-electron chi connectivity index (χ3n) is 4.74. The molecule has 0 saturated heterocycles. The second-order valence-electron chi connectivity index (χ2n) is 7.23. The summed E-state index contributed by atoms with van der Waals surface area (Å²) in [5.74, 6) is 0.385. The van der Waals surface area contributed by atoms with Crippen LogP contribution in [-0.4, -0.2) is 23.5 Å². The second kappa shape index (κ2) is 9.58. The molecule has 1 unspecified atom stereocenters. The van der Waals surface area contributed by atoms with Crippen LogP contribution in [0.15, 0.2) is 60.8 Å². The van der Waals surface area contributed by atoms with E-state index in [4.69, 9.17) is 5.73 Å².